The molecule has 5 aliphatic heterocycles. The van der Waals surface area contributed by atoms with Crippen LogP contribution in [0.4, 0.5) is 5.95 Å². The molecule has 6 heterocycles. The fourth-order valence-electron chi connectivity index (χ4n) is 16.3. The molecular formula is C73H134N10O5. The molecule has 15 heteroatoms. The van der Waals surface area contributed by atoms with Gasteiger partial charge in [0.25, 0.3) is 0 Å². The summed E-state index contributed by atoms with van der Waals surface area (Å²) < 4.78 is 0. The van der Waals surface area contributed by atoms with Gasteiger partial charge in [-0.15, -0.1) is 0 Å². The number of imide groups is 2. The minimum atomic E-state index is -0.502. The number of nitrogens with one attached hydrogen (secondary N) is 1. The zero-order valence-corrected chi connectivity index (χ0v) is 59.9. The van der Waals surface area contributed by atoms with Crippen molar-refractivity contribution in [3.63, 3.8) is 0 Å². The van der Waals surface area contributed by atoms with Crippen molar-refractivity contribution in [2.45, 2.75) is 374 Å². The Bertz CT molecular complexity index is 2310. The van der Waals surface area contributed by atoms with E-state index in [-0.39, 0.29) is 82.6 Å². The van der Waals surface area contributed by atoms with E-state index in [1.165, 1.54) is 135 Å². The van der Waals surface area contributed by atoms with E-state index >= 15 is 0 Å². The van der Waals surface area contributed by atoms with Gasteiger partial charge in [-0.2, -0.15) is 9.97 Å². The Hall–Kier alpha value is -3.56. The van der Waals surface area contributed by atoms with Crippen LogP contribution in [0.25, 0.3) is 0 Å². The lowest BCUT2D eigenvalue weighted by atomic mass is 9.77. The molecule has 5 amide bonds. The van der Waals surface area contributed by atoms with Gasteiger partial charge in [-0.25, -0.2) is 4.98 Å². The third-order valence-electron chi connectivity index (χ3n) is 21.4. The maximum Gasteiger partial charge on any atom is 0.242 e. The second-order valence-corrected chi connectivity index (χ2v) is 32.0. The molecule has 0 aromatic carbocycles. The molecule has 506 valence electrons. The molecule has 6 aliphatic rings. The van der Waals surface area contributed by atoms with Gasteiger partial charge in [-0.05, 0) is 162 Å². The van der Waals surface area contributed by atoms with Crippen LogP contribution in [0.3, 0.4) is 0 Å². The fourth-order valence-corrected chi connectivity index (χ4v) is 16.3. The number of anilines is 1. The number of piperidine rings is 2. The number of unbranched alkanes of at least 4 members (excludes halogenated alkanes) is 18. The summed E-state index contributed by atoms with van der Waals surface area (Å²) in [6, 6.07) is 0.524. The molecule has 1 saturated carbocycles. The summed E-state index contributed by atoms with van der Waals surface area (Å²) in [6.07, 6.45) is 38.2. The van der Waals surface area contributed by atoms with E-state index in [0.717, 1.165) is 94.9 Å². The first kappa shape index (κ1) is 75.2. The van der Waals surface area contributed by atoms with E-state index < -0.39 is 5.54 Å². The van der Waals surface area contributed by atoms with Gasteiger partial charge in [0.05, 0.1) is 5.54 Å². The highest BCUT2D eigenvalue weighted by Gasteiger charge is 2.52. The maximum atomic E-state index is 13.2. The van der Waals surface area contributed by atoms with Gasteiger partial charge in [-0.1, -0.05) is 162 Å². The number of aromatic nitrogens is 3. The third-order valence-corrected chi connectivity index (χ3v) is 21.4. The predicted octanol–water partition coefficient (Wildman–Crippen LogP) is 15.5. The quantitative estimate of drug-likeness (QED) is 0.0599. The van der Waals surface area contributed by atoms with Gasteiger partial charge in [0, 0.05) is 91.6 Å². The number of aryl methyl sites for hydroxylation is 2. The maximum absolute atomic E-state index is 13.2. The summed E-state index contributed by atoms with van der Waals surface area (Å²) in [5.74, 6) is 2.67. The van der Waals surface area contributed by atoms with Crippen molar-refractivity contribution in [2.75, 3.05) is 38.6 Å². The van der Waals surface area contributed by atoms with E-state index in [4.69, 9.17) is 0 Å². The fraction of sp³-hybridized carbons (Fsp3) is 0.890. The molecule has 0 radical (unpaired) electrons. The first-order valence-corrected chi connectivity index (χ1v) is 36.0. The predicted molar refractivity (Wildman–Crippen MR) is 364 cm³/mol. The number of carbonyl (C=O) groups is 5. The number of likely N-dealkylation sites (N-methyl/N-ethyl adjacent to an activating group) is 1. The smallest absolute Gasteiger partial charge is 0.242 e. The summed E-state index contributed by atoms with van der Waals surface area (Å²) in [5, 5.41) is 3.65. The lowest BCUT2D eigenvalue weighted by Crippen LogP contribution is -2.70. The van der Waals surface area contributed by atoms with Gasteiger partial charge >= 0.3 is 0 Å². The molecule has 7 rings (SSSR count). The van der Waals surface area contributed by atoms with Crippen LogP contribution in [0.5, 0.6) is 0 Å². The number of nitrogens with zero attached hydrogens (tertiary/aromatic N) is 9. The standard InChI is InChI=1S/C26H48N2O2.C25H46N2O2.C22H38N6O.H2/c1-7-8-9-10-11-12-13-14-15-16-17-21-18-23(29)28(24(21)30)22-19-25(2,3)27(6)26(4,5)20-22;1-6-7-8-9-10-11-12-13-14-15-16-20-17-22(28)27(23(20)29)21-18-24(2,3)26-25(4,5)19-21;1-16-23-17(2)25-20(24-16)28(18-11-9-8-10-12-18)14-13-27-15-21(3,4)26(7)22(5,6)19(27)29;/h21-22H,7-20H2,1-6H3;20-21,26H,6-19H2,1-5H3;18H,8-15H2,1-7H3;1H. The Morgan fingerprint density at radius 2 is 0.886 bits per heavy atom. The van der Waals surface area contributed by atoms with Gasteiger partial charge in [0.2, 0.25) is 35.5 Å². The molecule has 1 N–H and O–H groups in total. The summed E-state index contributed by atoms with van der Waals surface area (Å²) in [4.78, 5) is 90.7. The van der Waals surface area contributed by atoms with Crippen LogP contribution in [0.15, 0.2) is 0 Å². The average Bonchev–Trinajstić information content (AvgIpc) is 4.08. The van der Waals surface area contributed by atoms with E-state index in [2.05, 4.69) is 132 Å². The zero-order valence-electron chi connectivity index (χ0n) is 59.9. The lowest BCUT2D eigenvalue weighted by Gasteiger charge is -2.54. The summed E-state index contributed by atoms with van der Waals surface area (Å²) in [5.41, 5.74) is -0.697. The summed E-state index contributed by atoms with van der Waals surface area (Å²) >= 11 is 0. The van der Waals surface area contributed by atoms with Gasteiger partial charge < -0.3 is 15.1 Å². The molecular weight excluding hydrogens is 1100 g/mol. The molecule has 0 bridgehead atoms. The molecule has 15 nitrogen and oxygen atoms in total. The molecule has 1 aliphatic carbocycles. The van der Waals surface area contributed by atoms with Crippen LogP contribution >= 0.6 is 0 Å². The van der Waals surface area contributed by atoms with Crippen LogP contribution in [0.1, 0.15) is 322 Å². The van der Waals surface area contributed by atoms with Crippen LogP contribution in [-0.4, -0.2) is 154 Å². The zero-order chi connectivity index (χ0) is 65.3. The minimum absolute atomic E-state index is 0. The van der Waals surface area contributed by atoms with Crippen molar-refractivity contribution in [3.8, 4) is 0 Å². The molecule has 6 fully saturated rings. The van der Waals surface area contributed by atoms with Crippen molar-refractivity contribution in [1.29, 1.82) is 0 Å². The second-order valence-electron chi connectivity index (χ2n) is 32.0. The summed E-state index contributed by atoms with van der Waals surface area (Å²) in [6.45, 7) is 36.7. The van der Waals surface area contributed by atoms with Crippen molar-refractivity contribution in [2.24, 2.45) is 11.8 Å². The van der Waals surface area contributed by atoms with Crippen molar-refractivity contribution < 1.29 is 25.4 Å². The van der Waals surface area contributed by atoms with E-state index in [1.807, 2.05) is 32.6 Å². The number of hydrogen-bond acceptors (Lipinski definition) is 12. The van der Waals surface area contributed by atoms with Crippen LogP contribution < -0.4 is 10.2 Å². The number of rotatable bonds is 29. The van der Waals surface area contributed by atoms with E-state index in [0.29, 0.717) is 25.4 Å². The van der Waals surface area contributed by atoms with Gasteiger partial charge in [-0.3, -0.25) is 43.6 Å². The topological polar surface area (TPSA) is 155 Å². The van der Waals surface area contributed by atoms with E-state index in [1.54, 1.807) is 9.80 Å². The van der Waals surface area contributed by atoms with Crippen LogP contribution in [0.2, 0.25) is 0 Å². The SMILES string of the molecule is CCCCCCCCCCCCC1CC(=O)N(C2CC(C)(C)N(C)C(C)(C)C2)C1=O.CCCCCCCCCCCCC1CC(=O)N(C2CC(C)(C)NC(C)(C)C2)C1=O.Cc1nc(C)nc(N(CCN2CC(C)(C)N(C)C(C)(C)C2=O)C2CCCCC2)n1.[HH]. The molecule has 88 heavy (non-hydrogen) atoms. The van der Waals surface area contributed by atoms with Gasteiger partial charge in [0.15, 0.2) is 0 Å². The number of carbonyl (C=O) groups excluding carboxylic acids is 5. The largest absolute Gasteiger partial charge is 0.337 e. The third kappa shape index (κ3) is 21.8. The van der Waals surface area contributed by atoms with Crippen LogP contribution in [-0.2, 0) is 24.0 Å². The first-order chi connectivity index (χ1) is 41.3. The Morgan fingerprint density at radius 3 is 1.30 bits per heavy atom. The molecule has 2 atom stereocenters. The Labute approximate surface area is 539 Å². The highest BCUT2D eigenvalue weighted by atomic mass is 16.2. The van der Waals surface area contributed by atoms with Gasteiger partial charge in [0.1, 0.15) is 11.6 Å². The van der Waals surface area contributed by atoms with Crippen LogP contribution in [0, 0.1) is 25.7 Å². The average molecular weight is 1230 g/mol. The molecule has 5 saturated heterocycles. The molecule has 1 aromatic rings. The molecule has 0 spiro atoms. The highest BCUT2D eigenvalue weighted by Crippen LogP contribution is 2.42. The van der Waals surface area contributed by atoms with Crippen molar-refractivity contribution in [1.82, 2.24) is 44.8 Å². The summed E-state index contributed by atoms with van der Waals surface area (Å²) in [7, 11) is 4.22. The molecule has 2 unspecified atom stereocenters. The number of amides is 5. The number of likely N-dealkylation sites (tertiary alicyclic amines) is 3. The number of hydrogen-bond donors (Lipinski definition) is 1. The monoisotopic (exact) mass is 1230 g/mol. The van der Waals surface area contributed by atoms with Crippen molar-refractivity contribution >= 4 is 35.5 Å². The number of piperazine rings is 1. The normalized spacial score (nSPS) is 24.0. The van der Waals surface area contributed by atoms with E-state index in [9.17, 15) is 24.0 Å². The Morgan fingerprint density at radius 1 is 0.500 bits per heavy atom. The van der Waals surface area contributed by atoms with Crippen molar-refractivity contribution in [3.05, 3.63) is 11.6 Å². The lowest BCUT2D eigenvalue weighted by molar-refractivity contribution is -0.157. The Balaban J connectivity index is 0.000000284. The first-order valence-electron chi connectivity index (χ1n) is 36.0. The second kappa shape index (κ2) is 33.8. The molecule has 1 aromatic heterocycles. The highest BCUT2D eigenvalue weighted by molar-refractivity contribution is 6.04. The minimum Gasteiger partial charge on any atom is -0.337 e. The Kier molecular flexibility index (Phi) is 28.9.